The van der Waals surface area contributed by atoms with Crippen molar-refractivity contribution in [1.29, 1.82) is 15.8 Å². The van der Waals surface area contributed by atoms with Crippen LogP contribution in [0.4, 0.5) is 52.7 Å². The molecular formula is C98H102Cl2F12N10O9S2. The molecule has 8 aromatic rings. The van der Waals surface area contributed by atoms with Crippen LogP contribution in [-0.2, 0) is 48.9 Å². The molecule has 4 atom stereocenters. The highest BCUT2D eigenvalue weighted by molar-refractivity contribution is 7.07. The highest BCUT2D eigenvalue weighted by atomic mass is 35.5. The summed E-state index contributed by atoms with van der Waals surface area (Å²) in [5, 5.41) is 74.1. The van der Waals surface area contributed by atoms with E-state index in [1.807, 2.05) is 60.7 Å². The number of benzene rings is 6. The van der Waals surface area contributed by atoms with E-state index in [2.05, 4.69) is 28.2 Å². The van der Waals surface area contributed by atoms with E-state index in [0.29, 0.717) is 157 Å². The molecule has 0 unspecified atom stereocenters. The number of alkyl halides is 12. The lowest BCUT2D eigenvalue weighted by molar-refractivity contribution is -0.259. The maximum absolute atomic E-state index is 13.4. The second-order valence-electron chi connectivity index (χ2n) is 37.0. The van der Waals surface area contributed by atoms with Crippen molar-refractivity contribution >= 4 is 75.4 Å². The van der Waals surface area contributed by atoms with Gasteiger partial charge in [0, 0.05) is 91.4 Å². The van der Waals surface area contributed by atoms with Gasteiger partial charge in [-0.05, 0) is 276 Å². The Morgan fingerprint density at radius 1 is 0.353 bits per heavy atom. The minimum absolute atomic E-state index is 0.0203. The first-order valence-electron chi connectivity index (χ1n) is 44.3. The van der Waals surface area contributed by atoms with Crippen LogP contribution in [0.3, 0.4) is 0 Å². The quantitative estimate of drug-likeness (QED) is 0.0418. The van der Waals surface area contributed by atoms with Crippen molar-refractivity contribution in [3.8, 4) is 18.2 Å². The van der Waals surface area contributed by atoms with Crippen LogP contribution >= 0.6 is 45.9 Å². The van der Waals surface area contributed by atoms with E-state index < -0.39 is 74.7 Å². The smallest absolute Gasteiger partial charge is 0.376 e. The van der Waals surface area contributed by atoms with Crippen molar-refractivity contribution in [3.63, 3.8) is 0 Å². The van der Waals surface area contributed by atoms with Crippen molar-refractivity contribution in [1.82, 2.24) is 29.6 Å². The summed E-state index contributed by atoms with van der Waals surface area (Å²) >= 11 is 15.7. The zero-order valence-corrected chi connectivity index (χ0v) is 76.4. The summed E-state index contributed by atoms with van der Waals surface area (Å²) in [5.74, 6) is -1.36. The fourth-order valence-electron chi connectivity index (χ4n) is 19.0. The maximum atomic E-state index is 13.4. The molecule has 6 N–H and O–H groups in total. The number of hydrogen-bond acceptors (Lipinski definition) is 16. The van der Waals surface area contributed by atoms with Crippen molar-refractivity contribution in [2.75, 3.05) is 0 Å². The molecule has 16 rings (SSSR count). The van der Waals surface area contributed by atoms with Crippen LogP contribution in [0.25, 0.3) is 0 Å². The summed E-state index contributed by atoms with van der Waals surface area (Å²) in [4.78, 5) is 82.1. The monoisotopic (exact) mass is 1920 g/mol. The zero-order chi connectivity index (χ0) is 96.6. The maximum Gasteiger partial charge on any atom is 0.421 e. The minimum Gasteiger partial charge on any atom is -0.376 e. The SMILES string of the molecule is C[C@](O)(c1ccc(C(=O)N(C2CC2)C2CCC(C#N)(c3ccccc3Cl)CC2)cc1)C(F)(F)F.C[C@](O)(c1ccc(C(=O)N(C2CC2)C2CCC(C#N)(c3cscn3)CC2)cc1)C(F)(F)F.C[C@](O)(c1ccc(C(=O)N(C2CC2)C2CCC(C#N)(c3cscn3)CC2)cc1)C(F)(F)F.C[C@](O)(c1ccc(C(=O)N(C2CC2)C2CCC(C(N)=O)(c3ccccc3Cl)CC2)cc1)C(F)(F)F. The summed E-state index contributed by atoms with van der Waals surface area (Å²) < 4.78 is 158. The van der Waals surface area contributed by atoms with E-state index >= 15 is 0 Å². The third kappa shape index (κ3) is 21.0. The Morgan fingerprint density at radius 2 is 0.571 bits per heavy atom. The fraction of sp³-hybridized carbons (Fsp3) is 0.490. The number of halogens is 14. The molecule has 2 heterocycles. The third-order valence-electron chi connectivity index (χ3n) is 28.2. The summed E-state index contributed by atoms with van der Waals surface area (Å²) in [6.45, 7) is 2.79. The summed E-state index contributed by atoms with van der Waals surface area (Å²) in [5.41, 5.74) is -2.53. The Bertz CT molecular complexity index is 5410. The molecule has 35 heteroatoms. The molecule has 8 aliphatic rings. The van der Waals surface area contributed by atoms with E-state index in [1.54, 1.807) is 29.2 Å². The second kappa shape index (κ2) is 39.0. The molecule has 19 nitrogen and oxygen atoms in total. The number of rotatable bonds is 21. The number of aromatic nitrogens is 2. The molecule has 0 radical (unpaired) electrons. The lowest BCUT2D eigenvalue weighted by atomic mass is 9.67. The van der Waals surface area contributed by atoms with Gasteiger partial charge in [0.25, 0.3) is 23.6 Å². The first kappa shape index (κ1) is 100. The second-order valence-corrected chi connectivity index (χ2v) is 39.3. The van der Waals surface area contributed by atoms with Gasteiger partial charge < -0.3 is 45.8 Å². The highest BCUT2D eigenvalue weighted by Crippen LogP contribution is 2.52. The first-order valence-corrected chi connectivity index (χ1v) is 46.9. The Labute approximate surface area is 780 Å². The molecule has 2 aromatic heterocycles. The lowest BCUT2D eigenvalue weighted by Gasteiger charge is -2.42. The zero-order valence-electron chi connectivity index (χ0n) is 73.3. The van der Waals surface area contributed by atoms with Crippen LogP contribution in [0.2, 0.25) is 10.0 Å². The molecule has 133 heavy (non-hydrogen) atoms. The third-order valence-corrected chi connectivity index (χ3v) is 30.1. The van der Waals surface area contributed by atoms with Gasteiger partial charge in [-0.3, -0.25) is 24.0 Å². The molecule has 8 fully saturated rings. The normalized spacial score (nSPS) is 25.0. The molecule has 0 spiro atoms. The summed E-state index contributed by atoms with van der Waals surface area (Å²) in [6, 6.07) is 42.1. The molecule has 6 aromatic carbocycles. The van der Waals surface area contributed by atoms with Crippen LogP contribution < -0.4 is 5.73 Å². The summed E-state index contributed by atoms with van der Waals surface area (Å²) in [6.07, 6.45) is -2.63. The van der Waals surface area contributed by atoms with Gasteiger partial charge in [-0.2, -0.15) is 68.5 Å². The van der Waals surface area contributed by atoms with E-state index in [1.165, 1.54) is 71.2 Å². The number of amides is 5. The molecule has 8 saturated carbocycles. The number of nitrogens with two attached hydrogens (primary N) is 1. The molecule has 708 valence electrons. The van der Waals surface area contributed by atoms with Crippen molar-refractivity contribution in [2.24, 2.45) is 5.73 Å². The number of aliphatic hydroxyl groups is 4. The molecular weight excluding hydrogens is 1820 g/mol. The van der Waals surface area contributed by atoms with E-state index in [9.17, 15) is 113 Å². The standard InChI is InChI=1S/C26H28ClF3N2O3.C26H26ClF3N2O2.2C23H24F3N3O2S/c1-24(35,26(28,29)30)17-8-6-16(7-9-17)22(33)32(18-10-11-18)19-12-14-25(15-13-19,23(31)34)20-4-2-3-5-21(20)27;1-24(34,26(28,29)30)18-8-6-17(7-9-18)23(33)32(19-10-11-19)20-12-14-25(16-31,15-13-20)21-4-2-3-5-22(21)27;2*1-21(31,23(24,25)26)16-4-2-15(3-5-16)20(30)29(17-6-7-17)18-8-10-22(13-27,11-9-18)19-12-32-14-28-19/h2-9,18-19,35H,10-15H2,1H3,(H2,31,34);2-9,19-20,34H,10-15H2,1H3;2*2-5,12,14,17-18,31H,6-11H2,1H3/t19?,24-,25?;20?,24-,25?;2*18?,21-,22?/m0000/s1. The fourth-order valence-corrected chi connectivity index (χ4v) is 20.9. The average molecular weight is 1930 g/mol. The number of nitriles is 3. The van der Waals surface area contributed by atoms with Crippen LogP contribution in [-0.4, -0.2) is 153 Å². The van der Waals surface area contributed by atoms with Gasteiger partial charge in [0.2, 0.25) is 5.91 Å². The van der Waals surface area contributed by atoms with Crippen molar-refractivity contribution in [2.45, 2.75) is 299 Å². The Balaban J connectivity index is 0.000000151. The van der Waals surface area contributed by atoms with Gasteiger partial charge in [-0.15, -0.1) is 22.7 Å². The van der Waals surface area contributed by atoms with Crippen LogP contribution in [0, 0.1) is 34.0 Å². The Kier molecular flexibility index (Phi) is 29.4. The number of thiazole rings is 2. The van der Waals surface area contributed by atoms with Gasteiger partial charge >= 0.3 is 24.7 Å². The molecule has 0 aliphatic heterocycles. The Morgan fingerprint density at radius 3 is 0.774 bits per heavy atom. The molecule has 8 aliphatic carbocycles. The summed E-state index contributed by atoms with van der Waals surface area (Å²) in [7, 11) is 0. The van der Waals surface area contributed by atoms with Gasteiger partial charge in [-0.1, -0.05) is 108 Å². The van der Waals surface area contributed by atoms with Crippen molar-refractivity contribution in [3.05, 3.63) is 244 Å². The van der Waals surface area contributed by atoms with Crippen LogP contribution in [0.15, 0.2) is 167 Å². The number of carbonyl (C=O) groups is 5. The molecule has 5 amide bonds. The van der Waals surface area contributed by atoms with E-state index in [0.717, 1.165) is 117 Å². The number of carbonyl (C=O) groups excluding carboxylic acids is 5. The van der Waals surface area contributed by atoms with Gasteiger partial charge in [0.15, 0.2) is 22.4 Å². The van der Waals surface area contributed by atoms with Crippen LogP contribution in [0.5, 0.6) is 0 Å². The largest absolute Gasteiger partial charge is 0.421 e. The number of nitrogens with zero attached hydrogens (tertiary/aromatic N) is 9. The minimum atomic E-state index is -4.84. The predicted molar refractivity (Wildman–Crippen MR) is 474 cm³/mol. The van der Waals surface area contributed by atoms with Crippen LogP contribution in [0.1, 0.15) is 268 Å². The number of primary amides is 1. The van der Waals surface area contributed by atoms with Gasteiger partial charge in [0.05, 0.1) is 51.4 Å². The van der Waals surface area contributed by atoms with Crippen molar-refractivity contribution < 1.29 is 97.1 Å². The topological polar surface area (TPSA) is 302 Å². The number of hydrogen-bond donors (Lipinski definition) is 5. The molecule has 0 bridgehead atoms. The Hall–Kier alpha value is -10.0. The first-order chi connectivity index (χ1) is 62.6. The predicted octanol–water partition coefficient (Wildman–Crippen LogP) is 21.0. The van der Waals surface area contributed by atoms with E-state index in [-0.39, 0.29) is 105 Å². The highest BCUT2D eigenvalue weighted by Gasteiger charge is 2.57. The average Bonchev–Trinajstić information content (AvgIpc) is 1.47. The van der Waals surface area contributed by atoms with E-state index in [4.69, 9.17) is 28.9 Å². The van der Waals surface area contributed by atoms with Gasteiger partial charge in [0.1, 0.15) is 10.8 Å². The van der Waals surface area contributed by atoms with Gasteiger partial charge in [-0.25, -0.2) is 9.97 Å². The molecule has 0 saturated heterocycles. The lowest BCUT2D eigenvalue weighted by Crippen LogP contribution is -2.50.